The van der Waals surface area contributed by atoms with Crippen molar-refractivity contribution in [3.05, 3.63) is 32.7 Å². The highest BCUT2D eigenvalue weighted by Crippen LogP contribution is 2.32. The Bertz CT molecular complexity index is 444. The zero-order chi connectivity index (χ0) is 9.97. The van der Waals surface area contributed by atoms with Gasteiger partial charge in [-0.3, -0.25) is 0 Å². The van der Waals surface area contributed by atoms with Crippen molar-refractivity contribution in [1.29, 1.82) is 0 Å². The van der Waals surface area contributed by atoms with Gasteiger partial charge in [0.2, 0.25) is 0 Å². The van der Waals surface area contributed by atoms with E-state index in [2.05, 4.69) is 48.1 Å². The van der Waals surface area contributed by atoms with Crippen LogP contribution in [0.1, 0.15) is 0 Å². The molecule has 0 radical (unpaired) electrons. The van der Waals surface area contributed by atoms with E-state index in [0.29, 0.717) is 0 Å². The van der Waals surface area contributed by atoms with E-state index in [4.69, 9.17) is 0 Å². The summed E-state index contributed by atoms with van der Waals surface area (Å²) in [5.41, 5.74) is 0. The molecule has 0 fully saturated rings. The lowest BCUT2D eigenvalue weighted by Crippen LogP contribution is -1.73. The molecule has 0 spiro atoms. The number of rotatable bonds is 2. The van der Waals surface area contributed by atoms with E-state index in [0.717, 1.165) is 17.6 Å². The van der Waals surface area contributed by atoms with Crippen molar-refractivity contribution in [3.63, 3.8) is 0 Å². The summed E-state index contributed by atoms with van der Waals surface area (Å²) in [5.74, 6) is 0. The van der Waals surface area contributed by atoms with E-state index < -0.39 is 0 Å². The second-order valence-corrected chi connectivity index (χ2v) is 6.87. The lowest BCUT2D eigenvalue weighted by atomic mass is 10.4. The molecule has 0 atom stereocenters. The van der Waals surface area contributed by atoms with Crippen LogP contribution in [0.5, 0.6) is 0 Å². The topological polar surface area (TPSA) is 25.8 Å². The highest BCUT2D eigenvalue weighted by molar-refractivity contribution is 9.11. The quantitative estimate of drug-likeness (QED) is 0.810. The van der Waals surface area contributed by atoms with Crippen LogP contribution in [0, 0.1) is 0 Å². The Labute approximate surface area is 106 Å². The molecular formula is C8H4Br2N2S2. The van der Waals surface area contributed by atoms with Crippen molar-refractivity contribution in [2.75, 3.05) is 0 Å². The van der Waals surface area contributed by atoms with E-state index in [-0.39, 0.29) is 0 Å². The molecule has 1 aromatic heterocycles. The van der Waals surface area contributed by atoms with Crippen LogP contribution >= 0.6 is 55.0 Å². The molecule has 0 N–H and O–H groups in total. The van der Waals surface area contributed by atoms with Crippen LogP contribution in [-0.4, -0.2) is 10.2 Å². The van der Waals surface area contributed by atoms with Crippen LogP contribution < -0.4 is 0 Å². The molecule has 14 heavy (non-hydrogen) atoms. The van der Waals surface area contributed by atoms with Gasteiger partial charge >= 0.3 is 0 Å². The molecule has 0 unspecified atom stereocenters. The Balaban J connectivity index is 2.18. The molecule has 0 amide bonds. The van der Waals surface area contributed by atoms with Gasteiger partial charge in [0.25, 0.3) is 0 Å². The third-order valence-electron chi connectivity index (χ3n) is 1.38. The van der Waals surface area contributed by atoms with Crippen LogP contribution in [0.2, 0.25) is 0 Å². The van der Waals surface area contributed by atoms with Crippen molar-refractivity contribution in [2.24, 2.45) is 0 Å². The van der Waals surface area contributed by atoms with Crippen molar-refractivity contribution in [2.45, 2.75) is 9.24 Å². The lowest BCUT2D eigenvalue weighted by molar-refractivity contribution is 0.997. The monoisotopic (exact) mass is 350 g/mol. The fourth-order valence-corrected chi connectivity index (χ4v) is 3.89. The van der Waals surface area contributed by atoms with Gasteiger partial charge in [0, 0.05) is 9.37 Å². The predicted molar refractivity (Wildman–Crippen MR) is 65.9 cm³/mol. The van der Waals surface area contributed by atoms with Crippen LogP contribution in [0.25, 0.3) is 0 Å². The third kappa shape index (κ3) is 2.79. The second-order valence-electron chi connectivity index (χ2n) is 2.38. The van der Waals surface area contributed by atoms with Crippen LogP contribution in [0.4, 0.5) is 0 Å². The summed E-state index contributed by atoms with van der Waals surface area (Å²) in [5, 5.41) is 7.90. The normalized spacial score (nSPS) is 10.4. The molecule has 2 nitrogen and oxygen atoms in total. The molecule has 1 heterocycles. The van der Waals surface area contributed by atoms with Gasteiger partial charge in [0.05, 0.1) is 0 Å². The first kappa shape index (κ1) is 10.6. The number of hydrogen-bond acceptors (Lipinski definition) is 4. The van der Waals surface area contributed by atoms with E-state index in [1.54, 1.807) is 11.8 Å². The maximum absolute atomic E-state index is 4.01. The molecule has 0 aliphatic rings. The van der Waals surface area contributed by atoms with Crippen LogP contribution in [0.3, 0.4) is 0 Å². The van der Waals surface area contributed by atoms with Gasteiger partial charge in [0.15, 0.2) is 8.26 Å². The maximum Gasteiger partial charge on any atom is 0.184 e. The first-order chi connectivity index (χ1) is 6.74. The Morgan fingerprint density at radius 3 is 2.71 bits per heavy atom. The summed E-state index contributed by atoms with van der Waals surface area (Å²) in [6.45, 7) is 0. The molecule has 0 saturated heterocycles. The highest BCUT2D eigenvalue weighted by Gasteiger charge is 2.03. The maximum atomic E-state index is 4.01. The van der Waals surface area contributed by atoms with Crippen LogP contribution in [0.15, 0.2) is 41.9 Å². The SMILES string of the molecule is Brc1cccc(Sc2nnc(Br)s2)c1. The molecule has 0 saturated carbocycles. The number of aromatic nitrogens is 2. The van der Waals surface area contributed by atoms with Gasteiger partial charge in [-0.15, -0.1) is 10.2 Å². The largest absolute Gasteiger partial charge is 0.184 e. The second kappa shape index (κ2) is 4.74. The summed E-state index contributed by atoms with van der Waals surface area (Å²) in [4.78, 5) is 1.16. The summed E-state index contributed by atoms with van der Waals surface area (Å²) in [7, 11) is 0. The smallest absolute Gasteiger partial charge is 0.130 e. The Hall–Kier alpha value is 0.0900. The number of halogens is 2. The lowest BCUT2D eigenvalue weighted by Gasteiger charge is -1.96. The van der Waals surface area contributed by atoms with Gasteiger partial charge in [-0.25, -0.2) is 0 Å². The van der Waals surface area contributed by atoms with E-state index in [9.17, 15) is 0 Å². The number of hydrogen-bond donors (Lipinski definition) is 0. The average Bonchev–Trinajstić information content (AvgIpc) is 2.51. The minimum Gasteiger partial charge on any atom is -0.130 e. The van der Waals surface area contributed by atoms with E-state index in [1.165, 1.54) is 11.3 Å². The minimum atomic E-state index is 0.815. The number of nitrogens with zero attached hydrogens (tertiary/aromatic N) is 2. The van der Waals surface area contributed by atoms with Gasteiger partial charge in [0.1, 0.15) is 0 Å². The standard InChI is InChI=1S/C8H4Br2N2S2/c9-5-2-1-3-6(4-5)13-8-12-11-7(10)14-8/h1-4H. The molecule has 0 bridgehead atoms. The van der Waals surface area contributed by atoms with Crippen molar-refractivity contribution < 1.29 is 0 Å². The highest BCUT2D eigenvalue weighted by atomic mass is 79.9. The van der Waals surface area contributed by atoms with E-state index >= 15 is 0 Å². The molecular weight excluding hydrogens is 348 g/mol. The van der Waals surface area contributed by atoms with Gasteiger partial charge in [-0.2, -0.15) is 0 Å². The van der Waals surface area contributed by atoms with E-state index in [1.807, 2.05) is 18.2 Å². The van der Waals surface area contributed by atoms with Gasteiger partial charge in [-0.05, 0) is 34.1 Å². The zero-order valence-electron chi connectivity index (χ0n) is 6.78. The minimum absolute atomic E-state index is 0.815. The predicted octanol–water partition coefficient (Wildman–Crippen LogP) is 4.21. The summed E-state index contributed by atoms with van der Waals surface area (Å²) in [6.07, 6.45) is 0. The summed E-state index contributed by atoms with van der Waals surface area (Å²) >= 11 is 9.85. The Morgan fingerprint density at radius 2 is 2.07 bits per heavy atom. The summed E-state index contributed by atoms with van der Waals surface area (Å²) < 4.78 is 2.83. The van der Waals surface area contributed by atoms with Gasteiger partial charge < -0.3 is 0 Å². The zero-order valence-corrected chi connectivity index (χ0v) is 11.6. The molecule has 0 aliphatic carbocycles. The molecule has 0 aliphatic heterocycles. The fourth-order valence-electron chi connectivity index (χ4n) is 0.866. The van der Waals surface area contributed by atoms with Crippen molar-refractivity contribution in [1.82, 2.24) is 10.2 Å². The Morgan fingerprint density at radius 1 is 1.21 bits per heavy atom. The first-order valence-electron chi connectivity index (χ1n) is 3.66. The number of benzene rings is 1. The van der Waals surface area contributed by atoms with Crippen molar-refractivity contribution in [3.8, 4) is 0 Å². The molecule has 2 rings (SSSR count). The van der Waals surface area contributed by atoms with Gasteiger partial charge in [-0.1, -0.05) is 45.1 Å². The molecule has 72 valence electrons. The molecule has 6 heteroatoms. The third-order valence-corrected chi connectivity index (χ3v) is 4.27. The van der Waals surface area contributed by atoms with Crippen molar-refractivity contribution >= 4 is 55.0 Å². The molecule has 2 aromatic rings. The summed E-state index contributed by atoms with van der Waals surface area (Å²) in [6, 6.07) is 8.10. The average molecular weight is 352 g/mol. The Kier molecular flexibility index (Phi) is 3.59. The fraction of sp³-hybridized carbons (Fsp3) is 0. The molecule has 1 aromatic carbocycles. The van der Waals surface area contributed by atoms with Crippen LogP contribution in [-0.2, 0) is 0 Å². The first-order valence-corrected chi connectivity index (χ1v) is 6.88.